The lowest BCUT2D eigenvalue weighted by molar-refractivity contribution is -0.136. The molecule has 0 saturated heterocycles. The van der Waals surface area contributed by atoms with E-state index in [0.29, 0.717) is 29.6 Å². The monoisotopic (exact) mass is 434 g/mol. The third kappa shape index (κ3) is 4.49. The first kappa shape index (κ1) is 21.5. The zero-order valence-corrected chi connectivity index (χ0v) is 18.4. The summed E-state index contributed by atoms with van der Waals surface area (Å²) in [5, 5.41) is 4.04. The van der Waals surface area contributed by atoms with E-state index in [1.807, 2.05) is 42.5 Å². The Morgan fingerprint density at radius 3 is 2.59 bits per heavy atom. The Morgan fingerprint density at radius 1 is 1.12 bits per heavy atom. The normalized spacial score (nSPS) is 15.1. The number of rotatable bonds is 6. The van der Waals surface area contributed by atoms with Crippen LogP contribution in [0.25, 0.3) is 11.4 Å². The Kier molecular flexibility index (Phi) is 6.20. The van der Waals surface area contributed by atoms with Crippen molar-refractivity contribution in [2.45, 2.75) is 32.3 Å². The molecule has 8 nitrogen and oxygen atoms in total. The van der Waals surface area contributed by atoms with Crippen molar-refractivity contribution in [2.24, 2.45) is 0 Å². The second kappa shape index (κ2) is 9.21. The largest absolute Gasteiger partial charge is 0.476 e. The number of para-hydroxylation sites is 2. The number of carbonyl (C=O) groups excluding carboxylic acids is 2. The number of benzene rings is 2. The van der Waals surface area contributed by atoms with E-state index in [1.54, 1.807) is 25.1 Å². The Morgan fingerprint density at radius 2 is 1.88 bits per heavy atom. The predicted molar refractivity (Wildman–Crippen MR) is 119 cm³/mol. The molecule has 2 heterocycles. The summed E-state index contributed by atoms with van der Waals surface area (Å²) in [6.07, 6.45) is 0.703. The molecule has 32 heavy (non-hydrogen) atoms. The van der Waals surface area contributed by atoms with Gasteiger partial charge in [-0.15, -0.1) is 0 Å². The average Bonchev–Trinajstić information content (AvgIpc) is 3.30. The van der Waals surface area contributed by atoms with Gasteiger partial charge in [-0.1, -0.05) is 48.5 Å². The predicted octanol–water partition coefficient (Wildman–Crippen LogP) is 3.11. The SMILES string of the molecule is CCc1ccc(-c2noc(CCC(=O)N3CC(C(=O)N(C)C)Oc4ccccc43)n2)cc1. The Hall–Kier alpha value is -3.68. The molecular weight excluding hydrogens is 408 g/mol. The van der Waals surface area contributed by atoms with Crippen molar-refractivity contribution in [2.75, 3.05) is 25.5 Å². The smallest absolute Gasteiger partial charge is 0.265 e. The highest BCUT2D eigenvalue weighted by Crippen LogP contribution is 2.34. The molecule has 3 aromatic rings. The highest BCUT2D eigenvalue weighted by molar-refractivity contribution is 5.97. The van der Waals surface area contributed by atoms with Gasteiger partial charge in [-0.25, -0.2) is 0 Å². The molecule has 1 atom stereocenters. The lowest BCUT2D eigenvalue weighted by Crippen LogP contribution is -2.50. The van der Waals surface area contributed by atoms with Crippen LogP contribution < -0.4 is 9.64 Å². The van der Waals surface area contributed by atoms with Gasteiger partial charge in [-0.05, 0) is 24.1 Å². The van der Waals surface area contributed by atoms with Crippen LogP contribution in [0, 0.1) is 0 Å². The number of anilines is 1. The number of aryl methyl sites for hydroxylation is 2. The molecule has 2 amide bonds. The highest BCUT2D eigenvalue weighted by atomic mass is 16.5. The van der Waals surface area contributed by atoms with Gasteiger partial charge in [0.25, 0.3) is 5.91 Å². The van der Waals surface area contributed by atoms with Crippen molar-refractivity contribution in [1.82, 2.24) is 15.0 Å². The van der Waals surface area contributed by atoms with Gasteiger partial charge >= 0.3 is 0 Å². The van der Waals surface area contributed by atoms with Crippen molar-refractivity contribution in [3.63, 3.8) is 0 Å². The summed E-state index contributed by atoms with van der Waals surface area (Å²) < 4.78 is 11.2. The number of amides is 2. The van der Waals surface area contributed by atoms with E-state index in [2.05, 4.69) is 17.1 Å². The molecule has 166 valence electrons. The number of nitrogens with zero attached hydrogens (tertiary/aromatic N) is 4. The molecule has 1 aliphatic rings. The second-order valence-electron chi connectivity index (χ2n) is 7.87. The van der Waals surface area contributed by atoms with E-state index in [9.17, 15) is 9.59 Å². The van der Waals surface area contributed by atoms with E-state index in [-0.39, 0.29) is 24.8 Å². The Labute approximate surface area is 186 Å². The van der Waals surface area contributed by atoms with Crippen LogP contribution in [0.3, 0.4) is 0 Å². The third-order valence-corrected chi connectivity index (χ3v) is 5.43. The summed E-state index contributed by atoms with van der Waals surface area (Å²) in [5.41, 5.74) is 2.76. The van der Waals surface area contributed by atoms with Gasteiger partial charge in [-0.3, -0.25) is 9.59 Å². The minimum Gasteiger partial charge on any atom is -0.476 e. The fraction of sp³-hybridized carbons (Fsp3) is 0.333. The van der Waals surface area contributed by atoms with Crippen LogP contribution in [0.15, 0.2) is 53.1 Å². The molecule has 1 unspecified atom stereocenters. The highest BCUT2D eigenvalue weighted by Gasteiger charge is 2.34. The van der Waals surface area contributed by atoms with E-state index in [4.69, 9.17) is 9.26 Å². The van der Waals surface area contributed by atoms with E-state index >= 15 is 0 Å². The van der Waals surface area contributed by atoms with Crippen LogP contribution >= 0.6 is 0 Å². The number of hydrogen-bond acceptors (Lipinski definition) is 6. The number of aromatic nitrogens is 2. The molecule has 0 bridgehead atoms. The summed E-state index contributed by atoms with van der Waals surface area (Å²) in [7, 11) is 3.34. The number of fused-ring (bicyclic) bond motifs is 1. The average molecular weight is 434 g/mol. The summed E-state index contributed by atoms with van der Waals surface area (Å²) in [4.78, 5) is 33.0. The maximum atomic E-state index is 13.1. The van der Waals surface area contributed by atoms with Crippen molar-refractivity contribution >= 4 is 17.5 Å². The van der Waals surface area contributed by atoms with Gasteiger partial charge in [0.15, 0.2) is 6.10 Å². The second-order valence-corrected chi connectivity index (χ2v) is 7.87. The summed E-state index contributed by atoms with van der Waals surface area (Å²) in [5.74, 6) is 1.10. The third-order valence-electron chi connectivity index (χ3n) is 5.43. The molecule has 0 radical (unpaired) electrons. The molecule has 0 N–H and O–H groups in total. The van der Waals surface area contributed by atoms with Crippen LogP contribution in [0.4, 0.5) is 5.69 Å². The Balaban J connectivity index is 1.45. The first-order valence-corrected chi connectivity index (χ1v) is 10.7. The maximum absolute atomic E-state index is 13.1. The van der Waals surface area contributed by atoms with Gasteiger partial charge in [0.1, 0.15) is 5.75 Å². The fourth-order valence-electron chi connectivity index (χ4n) is 3.60. The van der Waals surface area contributed by atoms with Gasteiger partial charge in [0.05, 0.1) is 12.2 Å². The minimum atomic E-state index is -0.745. The molecule has 8 heteroatoms. The number of carbonyl (C=O) groups is 2. The quantitative estimate of drug-likeness (QED) is 0.592. The fourth-order valence-corrected chi connectivity index (χ4v) is 3.60. The zero-order valence-electron chi connectivity index (χ0n) is 18.4. The van der Waals surface area contributed by atoms with Crippen LogP contribution in [-0.4, -0.2) is 53.6 Å². The van der Waals surface area contributed by atoms with Crippen LogP contribution in [0.2, 0.25) is 0 Å². The standard InChI is InChI=1S/C24H26N4O4/c1-4-16-9-11-17(12-10-16)23-25-21(32-26-23)13-14-22(29)28-15-20(24(30)27(2)3)31-19-8-6-5-7-18(19)28/h5-12,20H,4,13-15H2,1-3H3. The van der Waals surface area contributed by atoms with Crippen molar-refractivity contribution in [3.8, 4) is 17.1 Å². The van der Waals surface area contributed by atoms with Crippen molar-refractivity contribution < 1.29 is 18.8 Å². The van der Waals surface area contributed by atoms with Crippen molar-refractivity contribution in [1.29, 1.82) is 0 Å². The maximum Gasteiger partial charge on any atom is 0.265 e. The summed E-state index contributed by atoms with van der Waals surface area (Å²) in [6.45, 7) is 2.26. The number of hydrogen-bond donors (Lipinski definition) is 0. The lowest BCUT2D eigenvalue weighted by atomic mass is 10.1. The van der Waals surface area contributed by atoms with Crippen LogP contribution in [-0.2, 0) is 22.4 Å². The molecule has 0 saturated carbocycles. The molecule has 1 aliphatic heterocycles. The molecule has 2 aromatic carbocycles. The first-order valence-electron chi connectivity index (χ1n) is 10.7. The summed E-state index contributed by atoms with van der Waals surface area (Å²) in [6, 6.07) is 15.2. The van der Waals surface area contributed by atoms with Gasteiger partial charge in [0, 0.05) is 32.5 Å². The van der Waals surface area contributed by atoms with Gasteiger partial charge in [0.2, 0.25) is 17.6 Å². The van der Waals surface area contributed by atoms with E-state index in [1.165, 1.54) is 10.5 Å². The first-order chi connectivity index (χ1) is 15.5. The molecule has 0 spiro atoms. The van der Waals surface area contributed by atoms with E-state index in [0.717, 1.165) is 12.0 Å². The Bertz CT molecular complexity index is 1110. The summed E-state index contributed by atoms with van der Waals surface area (Å²) >= 11 is 0. The zero-order chi connectivity index (χ0) is 22.7. The molecular formula is C24H26N4O4. The topological polar surface area (TPSA) is 88.8 Å². The minimum absolute atomic E-state index is 0.135. The lowest BCUT2D eigenvalue weighted by Gasteiger charge is -2.35. The molecule has 0 fully saturated rings. The van der Waals surface area contributed by atoms with Gasteiger partial charge < -0.3 is 19.1 Å². The van der Waals surface area contributed by atoms with Crippen molar-refractivity contribution in [3.05, 3.63) is 60.0 Å². The van der Waals surface area contributed by atoms with E-state index < -0.39 is 6.10 Å². The molecule has 4 rings (SSSR count). The van der Waals surface area contributed by atoms with Crippen LogP contribution in [0.5, 0.6) is 5.75 Å². The van der Waals surface area contributed by atoms with Gasteiger partial charge in [-0.2, -0.15) is 4.98 Å². The molecule has 0 aliphatic carbocycles. The number of likely N-dealkylation sites (N-methyl/N-ethyl adjacent to an activating group) is 1. The molecule has 1 aromatic heterocycles. The van der Waals surface area contributed by atoms with Crippen LogP contribution in [0.1, 0.15) is 24.8 Å². The number of ether oxygens (including phenoxy) is 1.